The van der Waals surface area contributed by atoms with Crippen molar-refractivity contribution in [3.63, 3.8) is 0 Å². The van der Waals surface area contributed by atoms with E-state index in [4.69, 9.17) is 0 Å². The lowest BCUT2D eigenvalue weighted by atomic mass is 9.85. The summed E-state index contributed by atoms with van der Waals surface area (Å²) >= 11 is 0. The molecule has 0 saturated heterocycles. The third-order valence-corrected chi connectivity index (χ3v) is 5.81. The minimum absolute atomic E-state index is 0.0188. The first-order chi connectivity index (χ1) is 14.8. The normalized spacial score (nSPS) is 21.9. The zero-order chi connectivity index (χ0) is 22.4. The number of hydrogen-bond acceptors (Lipinski definition) is 3. The van der Waals surface area contributed by atoms with Crippen LogP contribution in [0.2, 0.25) is 0 Å². The summed E-state index contributed by atoms with van der Waals surface area (Å²) in [6, 6.07) is 6.79. The molecule has 2 amide bonds. The molecule has 3 rings (SSSR count). The molecule has 6 nitrogen and oxygen atoms in total. The number of nitrogens with one attached hydrogen (secondary N) is 2. The van der Waals surface area contributed by atoms with Crippen molar-refractivity contribution in [3.05, 3.63) is 35.4 Å². The van der Waals surface area contributed by atoms with Gasteiger partial charge >= 0.3 is 6.18 Å². The van der Waals surface area contributed by atoms with Gasteiger partial charge in [0.15, 0.2) is 5.96 Å². The zero-order valence-corrected chi connectivity index (χ0v) is 17.7. The van der Waals surface area contributed by atoms with Crippen molar-refractivity contribution in [1.29, 1.82) is 0 Å². The van der Waals surface area contributed by atoms with Crippen LogP contribution in [-0.4, -0.2) is 54.5 Å². The average molecular weight is 438 g/mol. The third kappa shape index (κ3) is 5.77. The quantitative estimate of drug-likeness (QED) is 0.294. The van der Waals surface area contributed by atoms with E-state index < -0.39 is 12.1 Å². The van der Waals surface area contributed by atoms with Crippen LogP contribution < -0.4 is 10.6 Å². The van der Waals surface area contributed by atoms with E-state index in [-0.39, 0.29) is 30.7 Å². The van der Waals surface area contributed by atoms with Crippen molar-refractivity contribution >= 4 is 17.8 Å². The first-order valence-electron chi connectivity index (χ1n) is 10.9. The average Bonchev–Trinajstić information content (AvgIpc) is 2.98. The van der Waals surface area contributed by atoms with E-state index in [9.17, 15) is 22.8 Å². The Bertz CT molecular complexity index is 782. The van der Waals surface area contributed by atoms with Crippen LogP contribution in [0.5, 0.6) is 0 Å². The molecular weight excluding hydrogens is 409 g/mol. The molecule has 2 aliphatic rings. The summed E-state index contributed by atoms with van der Waals surface area (Å²) in [6.45, 7) is 3.42. The predicted molar refractivity (Wildman–Crippen MR) is 112 cm³/mol. The third-order valence-electron chi connectivity index (χ3n) is 5.81. The molecule has 1 aromatic carbocycles. The maximum Gasteiger partial charge on any atom is 0.391 e. The number of nitrogens with zero attached hydrogens (tertiary/aromatic N) is 2. The Hall–Kier alpha value is -2.58. The van der Waals surface area contributed by atoms with Crippen LogP contribution in [0.1, 0.15) is 66.2 Å². The van der Waals surface area contributed by atoms with Gasteiger partial charge in [-0.05, 0) is 57.6 Å². The number of carbonyl (C=O) groups is 2. The smallest absolute Gasteiger partial charge is 0.357 e. The molecule has 0 unspecified atom stereocenters. The van der Waals surface area contributed by atoms with E-state index in [0.29, 0.717) is 62.4 Å². The van der Waals surface area contributed by atoms with Crippen molar-refractivity contribution in [1.82, 2.24) is 15.5 Å². The monoisotopic (exact) mass is 438 g/mol. The van der Waals surface area contributed by atoms with E-state index in [1.807, 2.05) is 6.92 Å². The number of carbonyl (C=O) groups excluding carboxylic acids is 2. The zero-order valence-electron chi connectivity index (χ0n) is 17.7. The molecule has 0 atom stereocenters. The second-order valence-electron chi connectivity index (χ2n) is 8.01. The Morgan fingerprint density at radius 3 is 2.23 bits per heavy atom. The molecule has 9 heteroatoms. The maximum atomic E-state index is 12.8. The van der Waals surface area contributed by atoms with Crippen molar-refractivity contribution in [3.8, 4) is 0 Å². The number of benzene rings is 1. The highest BCUT2D eigenvalue weighted by Gasteiger charge is 2.41. The minimum atomic E-state index is -4.11. The summed E-state index contributed by atoms with van der Waals surface area (Å²) in [5, 5.41) is 6.37. The summed E-state index contributed by atoms with van der Waals surface area (Å²) < 4.78 is 38.5. The topological polar surface area (TPSA) is 73.8 Å². The van der Waals surface area contributed by atoms with Crippen molar-refractivity contribution in [2.24, 2.45) is 10.9 Å². The standard InChI is InChI=1S/C22H29F3N4O2/c1-2-26-21(28-16-11-9-15(10-12-16)22(23,24)25)27-13-5-6-14-29-19(30)17-7-3-4-8-18(17)20(29)31/h3-4,7-8,15-16H,2,5-6,9-14H2,1H3,(H2,26,27,28). The van der Waals surface area contributed by atoms with Gasteiger partial charge < -0.3 is 10.6 Å². The molecule has 1 heterocycles. The number of hydrogen-bond donors (Lipinski definition) is 2. The second kappa shape index (κ2) is 10.2. The Kier molecular flexibility index (Phi) is 7.56. The molecule has 31 heavy (non-hydrogen) atoms. The van der Waals surface area contributed by atoms with Gasteiger partial charge in [-0.25, -0.2) is 0 Å². The summed E-state index contributed by atoms with van der Waals surface area (Å²) in [5.74, 6) is -1.12. The highest BCUT2D eigenvalue weighted by atomic mass is 19.4. The predicted octanol–water partition coefficient (Wildman–Crippen LogP) is 3.74. The molecule has 1 aromatic rings. The second-order valence-corrected chi connectivity index (χ2v) is 8.01. The van der Waals surface area contributed by atoms with E-state index >= 15 is 0 Å². The van der Waals surface area contributed by atoms with Crippen molar-refractivity contribution < 1.29 is 22.8 Å². The van der Waals surface area contributed by atoms with Gasteiger partial charge in [-0.3, -0.25) is 19.5 Å². The van der Waals surface area contributed by atoms with Gasteiger partial charge in [0, 0.05) is 25.7 Å². The molecule has 0 radical (unpaired) electrons. The SMILES string of the molecule is CCNC(=NCCCCN1C(=O)c2ccccc2C1=O)NC1CCC(C(F)(F)F)CC1. The molecule has 170 valence electrons. The van der Waals surface area contributed by atoms with Gasteiger partial charge in [0.25, 0.3) is 11.8 Å². The van der Waals surface area contributed by atoms with Gasteiger partial charge in [-0.15, -0.1) is 0 Å². The molecular formula is C22H29F3N4O2. The van der Waals surface area contributed by atoms with Crippen LogP contribution >= 0.6 is 0 Å². The molecule has 1 aliphatic heterocycles. The minimum Gasteiger partial charge on any atom is -0.357 e. The molecule has 1 aliphatic carbocycles. The van der Waals surface area contributed by atoms with Gasteiger partial charge in [0.2, 0.25) is 0 Å². The van der Waals surface area contributed by atoms with Crippen molar-refractivity contribution in [2.45, 2.75) is 57.7 Å². The number of aliphatic imine (C=N–C) groups is 1. The lowest BCUT2D eigenvalue weighted by molar-refractivity contribution is -0.182. The lowest BCUT2D eigenvalue weighted by Crippen LogP contribution is -2.45. The Morgan fingerprint density at radius 2 is 1.68 bits per heavy atom. The van der Waals surface area contributed by atoms with Gasteiger partial charge in [-0.1, -0.05) is 12.1 Å². The Labute approximate surface area is 180 Å². The molecule has 1 fully saturated rings. The number of rotatable bonds is 7. The van der Waals surface area contributed by atoms with E-state index in [1.54, 1.807) is 24.3 Å². The summed E-state index contributed by atoms with van der Waals surface area (Å²) in [5.41, 5.74) is 0.897. The first-order valence-corrected chi connectivity index (χ1v) is 10.9. The number of halogens is 3. The number of guanidine groups is 1. The lowest BCUT2D eigenvalue weighted by Gasteiger charge is -2.31. The summed E-state index contributed by atoms with van der Waals surface area (Å²) in [7, 11) is 0. The molecule has 0 aromatic heterocycles. The molecule has 2 N–H and O–H groups in total. The Morgan fingerprint density at radius 1 is 1.06 bits per heavy atom. The summed E-state index contributed by atoms with van der Waals surface area (Å²) in [6.07, 6.45) is -1.58. The van der Waals surface area contributed by atoms with E-state index in [1.165, 1.54) is 4.90 Å². The van der Waals surface area contributed by atoms with Crippen LogP contribution in [0.15, 0.2) is 29.3 Å². The highest BCUT2D eigenvalue weighted by molar-refractivity contribution is 6.21. The van der Waals surface area contributed by atoms with Gasteiger partial charge in [0.1, 0.15) is 0 Å². The number of amides is 2. The number of unbranched alkanes of at least 4 members (excludes halogenated alkanes) is 1. The fourth-order valence-corrected chi connectivity index (χ4v) is 4.09. The van der Waals surface area contributed by atoms with Gasteiger partial charge in [0.05, 0.1) is 17.0 Å². The van der Waals surface area contributed by atoms with E-state index in [2.05, 4.69) is 15.6 Å². The molecule has 0 bridgehead atoms. The molecule has 0 spiro atoms. The maximum absolute atomic E-state index is 12.8. The number of fused-ring (bicyclic) bond motifs is 1. The fraction of sp³-hybridized carbons (Fsp3) is 0.591. The van der Waals surface area contributed by atoms with Crippen LogP contribution in [0.4, 0.5) is 13.2 Å². The summed E-state index contributed by atoms with van der Waals surface area (Å²) in [4.78, 5) is 30.5. The van der Waals surface area contributed by atoms with Crippen LogP contribution in [0.3, 0.4) is 0 Å². The Balaban J connectivity index is 1.42. The highest BCUT2D eigenvalue weighted by Crippen LogP contribution is 2.37. The fourth-order valence-electron chi connectivity index (χ4n) is 4.09. The largest absolute Gasteiger partial charge is 0.391 e. The number of alkyl halides is 3. The van der Waals surface area contributed by atoms with Crippen LogP contribution in [-0.2, 0) is 0 Å². The first kappa shape index (κ1) is 23.1. The van der Waals surface area contributed by atoms with E-state index in [0.717, 1.165) is 0 Å². The van der Waals surface area contributed by atoms with Crippen LogP contribution in [0, 0.1) is 5.92 Å². The van der Waals surface area contributed by atoms with Gasteiger partial charge in [-0.2, -0.15) is 13.2 Å². The van der Waals surface area contributed by atoms with Crippen molar-refractivity contribution in [2.75, 3.05) is 19.6 Å². The number of imide groups is 1. The van der Waals surface area contributed by atoms with Crippen LogP contribution in [0.25, 0.3) is 0 Å². The molecule has 1 saturated carbocycles.